The zero-order chi connectivity index (χ0) is 28.2. The summed E-state index contributed by atoms with van der Waals surface area (Å²) in [5.74, 6) is 1.34. The van der Waals surface area contributed by atoms with Crippen LogP contribution >= 0.6 is 0 Å². The van der Waals surface area contributed by atoms with E-state index in [1.807, 2.05) is 30.3 Å². The molecule has 0 aromatic heterocycles. The molecule has 1 aliphatic heterocycles. The van der Waals surface area contributed by atoms with Crippen molar-refractivity contribution in [2.24, 2.45) is 16.1 Å². The zero-order valence-corrected chi connectivity index (χ0v) is 23.7. The van der Waals surface area contributed by atoms with Gasteiger partial charge in [0.1, 0.15) is 18.2 Å². The molecule has 3 aromatic rings. The van der Waals surface area contributed by atoms with Crippen LogP contribution in [-0.4, -0.2) is 48.0 Å². The Morgan fingerprint density at radius 3 is 2.46 bits per heavy atom. The molecule has 0 aliphatic carbocycles. The first-order valence-corrected chi connectivity index (χ1v) is 13.8. The number of benzene rings is 3. The average molecular weight is 527 g/mol. The number of nitrogens with zero attached hydrogens (tertiary/aromatic N) is 2. The molecule has 4 rings (SSSR count). The van der Waals surface area contributed by atoms with Crippen molar-refractivity contribution in [3.63, 3.8) is 0 Å². The molecule has 7 nitrogen and oxygen atoms in total. The van der Waals surface area contributed by atoms with Crippen molar-refractivity contribution >= 4 is 33.8 Å². The van der Waals surface area contributed by atoms with E-state index in [9.17, 15) is 0 Å². The van der Waals surface area contributed by atoms with Crippen LogP contribution in [0.3, 0.4) is 0 Å². The van der Waals surface area contributed by atoms with Gasteiger partial charge in [0, 0.05) is 41.4 Å². The van der Waals surface area contributed by atoms with Crippen LogP contribution in [0.15, 0.2) is 59.6 Å². The van der Waals surface area contributed by atoms with E-state index in [1.165, 1.54) is 19.3 Å². The van der Waals surface area contributed by atoms with Gasteiger partial charge in [0.05, 0.1) is 5.71 Å². The predicted octanol–water partition coefficient (Wildman–Crippen LogP) is 6.21. The van der Waals surface area contributed by atoms with Gasteiger partial charge in [-0.25, -0.2) is 4.99 Å². The Kier molecular flexibility index (Phi) is 8.70. The lowest BCUT2D eigenvalue weighted by molar-refractivity contribution is 0.133. The summed E-state index contributed by atoms with van der Waals surface area (Å²) in [6.45, 7) is 11.3. The number of piperidine rings is 1. The summed E-state index contributed by atoms with van der Waals surface area (Å²) in [5, 5.41) is 19.4. The van der Waals surface area contributed by atoms with Gasteiger partial charge in [-0.2, -0.15) is 0 Å². The van der Waals surface area contributed by atoms with Crippen LogP contribution in [-0.2, 0) is 0 Å². The standard InChI is InChI=1S/C32H42N6O/c1-21-7-5-6-14-38(21)15-16-39-26-12-10-22-17-24(9-8-23(22)18-26)30(35)27-19-25(11-13-28(27)33)31(36)37-29(34)20-32(2,3)4/h8-13,17-19,21,35H,5-7,14-16,20,33H2,1-4H3,(H3,34,36,37). The first-order chi connectivity index (χ1) is 18.5. The molecule has 6 N–H and O–H groups in total. The normalized spacial score (nSPS) is 16.8. The van der Waals surface area contributed by atoms with Gasteiger partial charge < -0.3 is 16.2 Å². The maximum Gasteiger partial charge on any atom is 0.153 e. The number of ether oxygens (including phenoxy) is 1. The summed E-state index contributed by atoms with van der Waals surface area (Å²) in [6, 6.07) is 17.9. The molecule has 0 radical (unpaired) electrons. The fraction of sp³-hybridized carbons (Fsp3) is 0.406. The molecule has 3 aromatic carbocycles. The highest BCUT2D eigenvalue weighted by atomic mass is 16.5. The number of hydrogen-bond acceptors (Lipinski definition) is 5. The van der Waals surface area contributed by atoms with Gasteiger partial charge in [-0.15, -0.1) is 0 Å². The van der Waals surface area contributed by atoms with Crippen molar-refractivity contribution in [2.75, 3.05) is 25.4 Å². The third-order valence-corrected chi connectivity index (χ3v) is 7.25. The van der Waals surface area contributed by atoms with E-state index >= 15 is 0 Å². The van der Waals surface area contributed by atoms with Crippen molar-refractivity contribution in [1.29, 1.82) is 10.8 Å². The van der Waals surface area contributed by atoms with Crippen LogP contribution in [0.2, 0.25) is 0 Å². The van der Waals surface area contributed by atoms with Gasteiger partial charge in [0.25, 0.3) is 0 Å². The Balaban J connectivity index is 1.47. The van der Waals surface area contributed by atoms with Crippen LogP contribution in [0.1, 0.15) is 70.1 Å². The second-order valence-electron chi connectivity index (χ2n) is 11.8. The van der Waals surface area contributed by atoms with Crippen molar-refractivity contribution in [3.05, 3.63) is 71.3 Å². The Bertz CT molecular complexity index is 1390. The van der Waals surface area contributed by atoms with Gasteiger partial charge in [-0.3, -0.25) is 15.7 Å². The predicted molar refractivity (Wildman–Crippen MR) is 164 cm³/mol. The Labute approximate surface area is 232 Å². The van der Waals surface area contributed by atoms with Crippen LogP contribution in [0, 0.1) is 16.2 Å². The van der Waals surface area contributed by atoms with E-state index in [0.29, 0.717) is 47.4 Å². The minimum Gasteiger partial charge on any atom is -0.492 e. The molecule has 1 fully saturated rings. The maximum atomic E-state index is 8.89. The molecule has 0 amide bonds. The number of nitrogens with two attached hydrogens (primary N) is 2. The number of hydrogen-bond donors (Lipinski definition) is 4. The fourth-order valence-electron chi connectivity index (χ4n) is 5.11. The molecule has 0 bridgehead atoms. The summed E-state index contributed by atoms with van der Waals surface area (Å²) in [4.78, 5) is 6.80. The highest BCUT2D eigenvalue weighted by Crippen LogP contribution is 2.26. The highest BCUT2D eigenvalue weighted by Gasteiger charge is 2.18. The largest absolute Gasteiger partial charge is 0.492 e. The molecule has 0 spiro atoms. The summed E-state index contributed by atoms with van der Waals surface area (Å²) >= 11 is 0. The molecular formula is C32H42N6O. The molecule has 7 heteroatoms. The molecule has 206 valence electrons. The van der Waals surface area contributed by atoms with E-state index in [-0.39, 0.29) is 11.3 Å². The summed E-state index contributed by atoms with van der Waals surface area (Å²) < 4.78 is 6.08. The fourth-order valence-corrected chi connectivity index (χ4v) is 5.11. The van der Waals surface area contributed by atoms with Gasteiger partial charge >= 0.3 is 0 Å². The van der Waals surface area contributed by atoms with Crippen molar-refractivity contribution in [1.82, 2.24) is 4.90 Å². The van der Waals surface area contributed by atoms with Crippen molar-refractivity contribution in [3.8, 4) is 5.75 Å². The number of rotatable bonds is 8. The molecule has 1 unspecified atom stereocenters. The topological polar surface area (TPSA) is 125 Å². The quantitative estimate of drug-likeness (QED) is 0.158. The third kappa shape index (κ3) is 7.45. The third-order valence-electron chi connectivity index (χ3n) is 7.25. The van der Waals surface area contributed by atoms with Gasteiger partial charge in [-0.05, 0) is 78.9 Å². The monoisotopic (exact) mass is 526 g/mol. The number of nitrogens with one attached hydrogen (secondary N) is 2. The first kappa shape index (κ1) is 28.3. The smallest absolute Gasteiger partial charge is 0.153 e. The molecule has 1 atom stereocenters. The second-order valence-corrected chi connectivity index (χ2v) is 11.8. The van der Waals surface area contributed by atoms with Gasteiger partial charge in [0.2, 0.25) is 0 Å². The molecular weight excluding hydrogens is 484 g/mol. The van der Waals surface area contributed by atoms with Crippen LogP contribution < -0.4 is 16.2 Å². The minimum absolute atomic E-state index is 0.0168. The number of nitrogen functional groups attached to an aromatic ring is 1. The number of amidine groups is 2. The van der Waals surface area contributed by atoms with Gasteiger partial charge in [-0.1, -0.05) is 45.4 Å². The lowest BCUT2D eigenvalue weighted by atomic mass is 9.92. The number of anilines is 1. The molecule has 1 heterocycles. The van der Waals surface area contributed by atoms with E-state index in [2.05, 4.69) is 43.7 Å². The SMILES string of the molecule is CC1CCCCN1CCOc1ccc2cc(C(=N)c3cc(C(=N)N=C(N)CC(C)(C)C)ccc3N)ccc2c1. The number of aliphatic imine (C=N–C) groups is 1. The van der Waals surface area contributed by atoms with Crippen molar-refractivity contribution in [2.45, 2.75) is 59.4 Å². The highest BCUT2D eigenvalue weighted by molar-refractivity contribution is 6.16. The summed E-state index contributed by atoms with van der Waals surface area (Å²) in [6.07, 6.45) is 4.46. The molecule has 0 saturated carbocycles. The van der Waals surface area contributed by atoms with Gasteiger partial charge in [0.15, 0.2) is 5.84 Å². The second kappa shape index (κ2) is 12.0. The maximum absolute atomic E-state index is 8.89. The van der Waals surface area contributed by atoms with Crippen LogP contribution in [0.5, 0.6) is 5.75 Å². The lowest BCUT2D eigenvalue weighted by Crippen LogP contribution is -2.39. The number of likely N-dealkylation sites (tertiary alicyclic amines) is 1. The minimum atomic E-state index is -0.0168. The average Bonchev–Trinajstić information content (AvgIpc) is 2.88. The van der Waals surface area contributed by atoms with Crippen LogP contribution in [0.4, 0.5) is 5.69 Å². The van der Waals surface area contributed by atoms with E-state index in [1.54, 1.807) is 18.2 Å². The Hall–Kier alpha value is -3.71. The van der Waals surface area contributed by atoms with E-state index in [4.69, 9.17) is 27.0 Å². The Morgan fingerprint density at radius 2 is 1.72 bits per heavy atom. The molecule has 39 heavy (non-hydrogen) atoms. The summed E-state index contributed by atoms with van der Waals surface area (Å²) in [7, 11) is 0. The Morgan fingerprint density at radius 1 is 1.00 bits per heavy atom. The molecule has 1 saturated heterocycles. The van der Waals surface area contributed by atoms with E-state index in [0.717, 1.165) is 35.2 Å². The summed E-state index contributed by atoms with van der Waals surface area (Å²) in [5.41, 5.74) is 15.0. The zero-order valence-electron chi connectivity index (χ0n) is 23.7. The lowest BCUT2D eigenvalue weighted by Gasteiger charge is -2.33. The first-order valence-electron chi connectivity index (χ1n) is 13.8. The van der Waals surface area contributed by atoms with Crippen LogP contribution in [0.25, 0.3) is 10.8 Å². The number of fused-ring (bicyclic) bond motifs is 1. The van der Waals surface area contributed by atoms with Crippen molar-refractivity contribution < 1.29 is 4.74 Å². The van der Waals surface area contributed by atoms with E-state index < -0.39 is 0 Å². The molecule has 1 aliphatic rings.